The summed E-state index contributed by atoms with van der Waals surface area (Å²) in [6.07, 6.45) is 7.73. The van der Waals surface area contributed by atoms with Crippen molar-refractivity contribution in [1.29, 1.82) is 0 Å². The average Bonchev–Trinajstić information content (AvgIpc) is 3.73. The Balaban J connectivity index is 0.0000000945. The number of fused-ring (bicyclic) bond motifs is 15. The van der Waals surface area contributed by atoms with E-state index < -0.39 is 17.9 Å². The Bertz CT molecular complexity index is 797. The third kappa shape index (κ3) is 3.53. The fourth-order valence-corrected chi connectivity index (χ4v) is 8.62. The van der Waals surface area contributed by atoms with Crippen LogP contribution in [0, 0.1) is 53.3 Å². The number of carboxylic acids is 3. The van der Waals surface area contributed by atoms with Crippen molar-refractivity contribution in [2.45, 2.75) is 75.1 Å². The number of hydrogen-bond donors (Lipinski definition) is 0. The van der Waals surface area contributed by atoms with Crippen molar-refractivity contribution in [1.82, 2.24) is 0 Å². The molecule has 3 aliphatic heterocycles. The zero-order valence-electron chi connectivity index (χ0n) is 18.5. The normalized spacial score (nSPS) is 55.9. The molecular weight excluding hydrogens is 525 g/mol. The van der Waals surface area contributed by atoms with Gasteiger partial charge in [-0.15, -0.1) is 0 Å². The van der Waals surface area contributed by atoms with Gasteiger partial charge in [0.05, 0.1) is 36.6 Å². The van der Waals surface area contributed by atoms with E-state index in [1.807, 2.05) is 0 Å². The van der Waals surface area contributed by atoms with Crippen LogP contribution in [0.3, 0.4) is 0 Å². The number of carboxylic acid groups (broad SMARTS) is 3. The van der Waals surface area contributed by atoms with Crippen molar-refractivity contribution in [2.24, 2.45) is 53.3 Å². The summed E-state index contributed by atoms with van der Waals surface area (Å²) >= 11 is 0. The van der Waals surface area contributed by atoms with E-state index in [0.29, 0.717) is 36.1 Å². The zero-order chi connectivity index (χ0) is 22.8. The summed E-state index contributed by atoms with van der Waals surface area (Å²) in [5.41, 5.74) is 0. The van der Waals surface area contributed by atoms with Crippen LogP contribution in [0.5, 0.6) is 0 Å². The predicted molar refractivity (Wildman–Crippen MR) is 100 cm³/mol. The summed E-state index contributed by atoms with van der Waals surface area (Å²) in [4.78, 5) is 31.8. The zero-order valence-corrected chi connectivity index (χ0v) is 20.7. The molecule has 0 spiro atoms. The van der Waals surface area contributed by atoms with Gasteiger partial charge >= 0.3 is 22.4 Å². The molecular formula is C24H27NbO9. The van der Waals surface area contributed by atoms with Crippen LogP contribution in [-0.2, 0) is 51.0 Å². The molecule has 3 saturated heterocycles. The summed E-state index contributed by atoms with van der Waals surface area (Å²) in [6.45, 7) is 0. The largest absolute Gasteiger partial charge is 3.00 e. The minimum atomic E-state index is -0.869. The van der Waals surface area contributed by atoms with E-state index in [0.717, 1.165) is 38.5 Å². The van der Waals surface area contributed by atoms with Gasteiger partial charge in [-0.05, 0) is 74.0 Å². The molecule has 9 aliphatic rings. The van der Waals surface area contributed by atoms with Gasteiger partial charge in [0, 0.05) is 35.7 Å². The van der Waals surface area contributed by atoms with E-state index in [4.69, 9.17) is 14.2 Å². The monoisotopic (exact) mass is 552 g/mol. The van der Waals surface area contributed by atoms with E-state index in [1.165, 1.54) is 0 Å². The first-order chi connectivity index (χ1) is 15.8. The fourth-order valence-electron chi connectivity index (χ4n) is 8.62. The Morgan fingerprint density at radius 2 is 0.735 bits per heavy atom. The van der Waals surface area contributed by atoms with Crippen LogP contribution in [0.15, 0.2) is 0 Å². The molecule has 34 heavy (non-hydrogen) atoms. The minimum Gasteiger partial charge on any atom is -0.550 e. The second kappa shape index (κ2) is 8.02. The summed E-state index contributed by atoms with van der Waals surface area (Å²) in [6, 6.07) is 0. The van der Waals surface area contributed by atoms with Gasteiger partial charge in [-0.2, -0.15) is 0 Å². The summed E-state index contributed by atoms with van der Waals surface area (Å²) < 4.78 is 16.0. The quantitative estimate of drug-likeness (QED) is 0.272. The van der Waals surface area contributed by atoms with Gasteiger partial charge in [0.2, 0.25) is 0 Å². The fraction of sp³-hybridized carbons (Fsp3) is 0.875. The molecule has 0 aromatic rings. The average molecular weight is 552 g/mol. The SMILES string of the molecule is O=C([O-])C1CC2CC1C1OC21.O=C([O-])C1CC2CC1C1OC21.O=C([O-])C1CC2CC1C1OC21.[Nb+3]. The van der Waals surface area contributed by atoms with Gasteiger partial charge in [0.15, 0.2) is 0 Å². The first-order valence-electron chi connectivity index (χ1n) is 12.4. The van der Waals surface area contributed by atoms with Crippen LogP contribution in [-0.4, -0.2) is 54.5 Å². The Morgan fingerprint density at radius 3 is 0.912 bits per heavy atom. The van der Waals surface area contributed by atoms with Crippen molar-refractivity contribution in [3.63, 3.8) is 0 Å². The molecule has 0 aromatic heterocycles. The minimum absolute atomic E-state index is 0. The summed E-state index contributed by atoms with van der Waals surface area (Å²) in [7, 11) is 0. The third-order valence-corrected chi connectivity index (χ3v) is 10.2. The molecule has 0 radical (unpaired) electrons. The first-order valence-corrected chi connectivity index (χ1v) is 12.4. The van der Waals surface area contributed by atoms with Crippen LogP contribution >= 0.6 is 0 Å². The molecule has 15 atom stereocenters. The number of aliphatic carboxylic acids is 3. The summed E-state index contributed by atoms with van der Waals surface area (Å²) in [5.74, 6) is -0.755. The number of rotatable bonds is 3. The molecule has 3 heterocycles. The molecule has 10 heteroatoms. The molecule has 15 unspecified atom stereocenters. The molecule has 0 amide bonds. The van der Waals surface area contributed by atoms with Gasteiger partial charge in [0.25, 0.3) is 0 Å². The van der Waals surface area contributed by atoms with Crippen LogP contribution in [0.25, 0.3) is 0 Å². The van der Waals surface area contributed by atoms with Crippen molar-refractivity contribution >= 4 is 17.9 Å². The van der Waals surface area contributed by atoms with E-state index in [1.54, 1.807) is 0 Å². The smallest absolute Gasteiger partial charge is 0.550 e. The Kier molecular flexibility index (Phi) is 5.52. The van der Waals surface area contributed by atoms with Gasteiger partial charge in [-0.1, -0.05) is 0 Å². The van der Waals surface area contributed by atoms with Crippen molar-refractivity contribution in [3.8, 4) is 0 Å². The standard InChI is InChI=1S/3C8H10O3.Nb/c3*9-8(10)5-2-3-1-4(5)7-6(3)11-7;/h3*3-7H,1-2H2,(H,9,10);/q;;;+3/p-3. The number of carbonyl (C=O) groups is 3. The summed E-state index contributed by atoms with van der Waals surface area (Å²) in [5, 5.41) is 31.8. The topological polar surface area (TPSA) is 158 Å². The molecule has 6 saturated carbocycles. The first kappa shape index (κ1) is 23.4. The molecule has 182 valence electrons. The Morgan fingerprint density at radius 1 is 0.471 bits per heavy atom. The van der Waals surface area contributed by atoms with E-state index in [2.05, 4.69) is 0 Å². The van der Waals surface area contributed by atoms with Gasteiger partial charge in [0.1, 0.15) is 0 Å². The Hall–Kier alpha value is -0.970. The molecule has 0 N–H and O–H groups in total. The molecule has 6 aliphatic carbocycles. The number of carbonyl (C=O) groups excluding carboxylic acids is 3. The second-order valence-electron chi connectivity index (χ2n) is 11.7. The van der Waals surface area contributed by atoms with E-state index >= 15 is 0 Å². The molecule has 6 bridgehead atoms. The second-order valence-corrected chi connectivity index (χ2v) is 11.7. The maximum Gasteiger partial charge on any atom is 3.00 e. The maximum absolute atomic E-state index is 10.6. The van der Waals surface area contributed by atoms with Gasteiger partial charge in [-0.25, -0.2) is 0 Å². The molecule has 0 aromatic carbocycles. The van der Waals surface area contributed by atoms with Crippen molar-refractivity contribution in [2.75, 3.05) is 0 Å². The number of hydrogen-bond acceptors (Lipinski definition) is 9. The van der Waals surface area contributed by atoms with Gasteiger partial charge < -0.3 is 43.9 Å². The van der Waals surface area contributed by atoms with E-state index in [9.17, 15) is 29.7 Å². The number of ether oxygens (including phenoxy) is 3. The molecule has 9 rings (SSSR count). The third-order valence-electron chi connectivity index (χ3n) is 10.2. The van der Waals surface area contributed by atoms with Crippen LogP contribution in [0.2, 0.25) is 0 Å². The van der Waals surface area contributed by atoms with Crippen LogP contribution in [0.1, 0.15) is 38.5 Å². The predicted octanol–water partition coefficient (Wildman–Crippen LogP) is -2.52. The molecule has 9 fully saturated rings. The van der Waals surface area contributed by atoms with Crippen LogP contribution < -0.4 is 15.3 Å². The van der Waals surface area contributed by atoms with E-state index in [-0.39, 0.29) is 76.2 Å². The maximum atomic E-state index is 10.6. The number of epoxide rings is 3. The Labute approximate surface area is 212 Å². The van der Waals surface area contributed by atoms with Gasteiger partial charge in [-0.3, -0.25) is 0 Å². The van der Waals surface area contributed by atoms with Crippen LogP contribution in [0.4, 0.5) is 0 Å². The van der Waals surface area contributed by atoms with Crippen molar-refractivity contribution < 1.29 is 66.3 Å². The molecule has 9 nitrogen and oxygen atoms in total. The van der Waals surface area contributed by atoms with Crippen molar-refractivity contribution in [3.05, 3.63) is 0 Å².